The van der Waals surface area contributed by atoms with Crippen molar-refractivity contribution in [1.29, 1.82) is 0 Å². The molecule has 0 aromatic rings. The van der Waals surface area contributed by atoms with E-state index in [-0.39, 0.29) is 0 Å². The molecule has 0 saturated heterocycles. The second-order valence-electron chi connectivity index (χ2n) is 3.01. The second kappa shape index (κ2) is 5.97. The zero-order valence-corrected chi connectivity index (χ0v) is 8.27. The molecule has 2 atom stereocenters. The Bertz CT molecular complexity index is 266. The molecule has 0 heterocycles. The van der Waals surface area contributed by atoms with Crippen molar-refractivity contribution >= 4 is 17.8 Å². The normalized spacial score (nSPS) is 14.0. The Kier molecular flexibility index (Phi) is 5.32. The predicted molar refractivity (Wildman–Crippen MR) is 50.1 cm³/mol. The smallest absolute Gasteiger partial charge is 0.326 e. The minimum Gasteiger partial charge on any atom is -0.481 e. The Morgan fingerprint density at radius 2 is 1.87 bits per heavy atom. The molecule has 0 bridgehead atoms. The molecular formula is C8H14N2O5. The van der Waals surface area contributed by atoms with Gasteiger partial charge in [-0.3, -0.25) is 9.59 Å². The number of carbonyl (C=O) groups excluding carboxylic acids is 1. The van der Waals surface area contributed by atoms with E-state index >= 15 is 0 Å². The predicted octanol–water partition coefficient (Wildman–Crippen LogP) is -1.23. The van der Waals surface area contributed by atoms with Gasteiger partial charge >= 0.3 is 11.9 Å². The maximum absolute atomic E-state index is 11.2. The van der Waals surface area contributed by atoms with Crippen LogP contribution in [0, 0.1) is 0 Å². The van der Waals surface area contributed by atoms with Gasteiger partial charge in [0.2, 0.25) is 5.91 Å². The fourth-order valence-corrected chi connectivity index (χ4v) is 0.839. The SMILES string of the molecule is CC[C@@H](N)C(=O)N[C@@H](CC(=O)O)C(=O)O. The number of nitrogens with one attached hydrogen (secondary N) is 1. The third-order valence-corrected chi connectivity index (χ3v) is 1.77. The van der Waals surface area contributed by atoms with Crippen LogP contribution in [-0.4, -0.2) is 40.1 Å². The maximum atomic E-state index is 11.2. The molecule has 0 aliphatic carbocycles. The zero-order valence-electron chi connectivity index (χ0n) is 8.27. The summed E-state index contributed by atoms with van der Waals surface area (Å²) in [6.45, 7) is 1.66. The number of carboxylic acids is 2. The molecule has 0 aliphatic heterocycles. The van der Waals surface area contributed by atoms with Crippen molar-refractivity contribution in [1.82, 2.24) is 5.32 Å². The first-order valence-corrected chi connectivity index (χ1v) is 4.39. The zero-order chi connectivity index (χ0) is 12.0. The van der Waals surface area contributed by atoms with Crippen LogP contribution in [0.4, 0.5) is 0 Å². The van der Waals surface area contributed by atoms with Gasteiger partial charge in [-0.2, -0.15) is 0 Å². The molecule has 7 heteroatoms. The summed E-state index contributed by atoms with van der Waals surface area (Å²) in [5, 5.41) is 19.1. The van der Waals surface area contributed by atoms with E-state index in [0.717, 1.165) is 0 Å². The lowest BCUT2D eigenvalue weighted by Gasteiger charge is -2.15. The van der Waals surface area contributed by atoms with Gasteiger partial charge in [-0.1, -0.05) is 6.92 Å². The quantitative estimate of drug-likeness (QED) is 0.441. The highest BCUT2D eigenvalue weighted by atomic mass is 16.4. The van der Waals surface area contributed by atoms with Gasteiger partial charge in [0.1, 0.15) is 6.04 Å². The number of hydrogen-bond acceptors (Lipinski definition) is 4. The fraction of sp³-hybridized carbons (Fsp3) is 0.625. The molecular weight excluding hydrogens is 204 g/mol. The summed E-state index contributed by atoms with van der Waals surface area (Å²) in [5.41, 5.74) is 5.34. The largest absolute Gasteiger partial charge is 0.481 e. The van der Waals surface area contributed by atoms with E-state index in [1.54, 1.807) is 6.92 Å². The van der Waals surface area contributed by atoms with Gasteiger partial charge in [0.25, 0.3) is 0 Å². The Labute approximate surface area is 86.3 Å². The van der Waals surface area contributed by atoms with Crippen LogP contribution in [0.2, 0.25) is 0 Å². The van der Waals surface area contributed by atoms with Gasteiger partial charge in [0.15, 0.2) is 0 Å². The van der Waals surface area contributed by atoms with Crippen LogP contribution in [0.5, 0.6) is 0 Å². The molecule has 86 valence electrons. The van der Waals surface area contributed by atoms with Gasteiger partial charge in [-0.15, -0.1) is 0 Å². The molecule has 0 fully saturated rings. The number of carbonyl (C=O) groups is 3. The molecule has 5 N–H and O–H groups in total. The van der Waals surface area contributed by atoms with Crippen molar-refractivity contribution in [2.45, 2.75) is 31.8 Å². The third kappa shape index (κ3) is 4.96. The molecule has 0 aromatic carbocycles. The first-order valence-electron chi connectivity index (χ1n) is 4.39. The van der Waals surface area contributed by atoms with Crippen LogP contribution < -0.4 is 11.1 Å². The molecule has 7 nitrogen and oxygen atoms in total. The van der Waals surface area contributed by atoms with E-state index < -0.39 is 36.4 Å². The molecule has 15 heavy (non-hydrogen) atoms. The molecule has 1 amide bonds. The molecule has 0 aromatic heterocycles. The lowest BCUT2D eigenvalue weighted by atomic mass is 10.1. The van der Waals surface area contributed by atoms with Crippen molar-refractivity contribution in [3.8, 4) is 0 Å². The summed E-state index contributed by atoms with van der Waals surface area (Å²) in [4.78, 5) is 32.0. The fourth-order valence-electron chi connectivity index (χ4n) is 0.839. The van der Waals surface area contributed by atoms with Gasteiger partial charge in [-0.05, 0) is 6.42 Å². The minimum absolute atomic E-state index is 0.352. The van der Waals surface area contributed by atoms with Gasteiger partial charge < -0.3 is 21.3 Å². The van der Waals surface area contributed by atoms with E-state index in [0.29, 0.717) is 6.42 Å². The third-order valence-electron chi connectivity index (χ3n) is 1.77. The van der Waals surface area contributed by atoms with Crippen LogP contribution in [0.15, 0.2) is 0 Å². The minimum atomic E-state index is -1.44. The monoisotopic (exact) mass is 218 g/mol. The topological polar surface area (TPSA) is 130 Å². The lowest BCUT2D eigenvalue weighted by molar-refractivity contribution is -0.147. The summed E-state index contributed by atoms with van der Waals surface area (Å²) in [6, 6.07) is -2.26. The van der Waals surface area contributed by atoms with E-state index in [4.69, 9.17) is 15.9 Å². The van der Waals surface area contributed by atoms with Crippen molar-refractivity contribution in [2.24, 2.45) is 5.73 Å². The first kappa shape index (κ1) is 13.4. The second-order valence-corrected chi connectivity index (χ2v) is 3.01. The van der Waals surface area contributed by atoms with E-state index in [9.17, 15) is 14.4 Å². The van der Waals surface area contributed by atoms with Crippen molar-refractivity contribution in [2.75, 3.05) is 0 Å². The highest BCUT2D eigenvalue weighted by molar-refractivity contribution is 5.88. The van der Waals surface area contributed by atoms with Crippen LogP contribution >= 0.6 is 0 Å². The average Bonchev–Trinajstić information content (AvgIpc) is 2.14. The summed E-state index contributed by atoms with van der Waals surface area (Å²) in [5.74, 6) is -3.35. The average molecular weight is 218 g/mol. The number of carboxylic acid groups (broad SMARTS) is 2. The summed E-state index contributed by atoms with van der Waals surface area (Å²) in [7, 11) is 0. The number of aliphatic carboxylic acids is 2. The number of hydrogen-bond donors (Lipinski definition) is 4. The lowest BCUT2D eigenvalue weighted by Crippen LogP contribution is -2.48. The van der Waals surface area contributed by atoms with E-state index in [1.165, 1.54) is 0 Å². The van der Waals surface area contributed by atoms with Crippen molar-refractivity contribution in [3.05, 3.63) is 0 Å². The van der Waals surface area contributed by atoms with E-state index in [1.807, 2.05) is 0 Å². The summed E-state index contributed by atoms with van der Waals surface area (Å²) in [6.07, 6.45) is -0.317. The Morgan fingerprint density at radius 3 is 2.20 bits per heavy atom. The molecule has 0 radical (unpaired) electrons. The van der Waals surface area contributed by atoms with Crippen LogP contribution in [0.1, 0.15) is 19.8 Å². The Balaban J connectivity index is 4.35. The molecule has 0 unspecified atom stereocenters. The Hall–Kier alpha value is -1.63. The standard InChI is InChI=1S/C8H14N2O5/c1-2-4(9)7(13)10-5(8(14)15)3-6(11)12/h4-5H,2-3,9H2,1H3,(H,10,13)(H,11,12)(H,14,15)/t4-,5+/m1/s1. The molecule has 0 spiro atoms. The van der Waals surface area contributed by atoms with Crippen LogP contribution in [0.3, 0.4) is 0 Å². The van der Waals surface area contributed by atoms with Crippen molar-refractivity contribution < 1.29 is 24.6 Å². The van der Waals surface area contributed by atoms with Gasteiger partial charge in [0.05, 0.1) is 12.5 Å². The first-order chi connectivity index (χ1) is 6.88. The van der Waals surface area contributed by atoms with E-state index in [2.05, 4.69) is 5.32 Å². The summed E-state index contributed by atoms with van der Waals surface area (Å²) >= 11 is 0. The van der Waals surface area contributed by atoms with Crippen molar-refractivity contribution in [3.63, 3.8) is 0 Å². The van der Waals surface area contributed by atoms with Crippen LogP contribution in [-0.2, 0) is 14.4 Å². The number of rotatable bonds is 6. The van der Waals surface area contributed by atoms with Crippen LogP contribution in [0.25, 0.3) is 0 Å². The number of nitrogens with two attached hydrogens (primary N) is 1. The van der Waals surface area contributed by atoms with Gasteiger partial charge in [-0.25, -0.2) is 4.79 Å². The summed E-state index contributed by atoms with van der Waals surface area (Å²) < 4.78 is 0. The molecule has 0 aliphatic rings. The molecule has 0 saturated carbocycles. The number of amides is 1. The highest BCUT2D eigenvalue weighted by Crippen LogP contribution is 1.95. The molecule has 0 rings (SSSR count). The maximum Gasteiger partial charge on any atom is 0.326 e. The Morgan fingerprint density at radius 1 is 1.33 bits per heavy atom. The van der Waals surface area contributed by atoms with Gasteiger partial charge in [0, 0.05) is 0 Å². The highest BCUT2D eigenvalue weighted by Gasteiger charge is 2.24.